The minimum atomic E-state index is -0.329. The maximum absolute atomic E-state index is 12.5. The average Bonchev–Trinajstić information content (AvgIpc) is 2.88. The van der Waals surface area contributed by atoms with Gasteiger partial charge in [-0.1, -0.05) is 51.6 Å². The number of aromatic nitrogens is 2. The summed E-state index contributed by atoms with van der Waals surface area (Å²) in [4.78, 5) is 12.5. The zero-order valence-electron chi connectivity index (χ0n) is 16.1. The van der Waals surface area contributed by atoms with Gasteiger partial charge in [-0.25, -0.2) is 0 Å². The van der Waals surface area contributed by atoms with E-state index < -0.39 is 0 Å². The van der Waals surface area contributed by atoms with Crippen molar-refractivity contribution in [3.05, 3.63) is 16.4 Å². The van der Waals surface area contributed by atoms with Crippen molar-refractivity contribution in [3.63, 3.8) is 0 Å². The highest BCUT2D eigenvalue weighted by Gasteiger charge is 2.27. The van der Waals surface area contributed by atoms with E-state index in [0.717, 1.165) is 19.3 Å². The molecular formula is C18H30ClN5OS. The maximum atomic E-state index is 12.5. The van der Waals surface area contributed by atoms with E-state index in [2.05, 4.69) is 42.0 Å². The summed E-state index contributed by atoms with van der Waals surface area (Å²) < 4.78 is 1.68. The Balaban J connectivity index is 1.90. The fourth-order valence-electron chi connectivity index (χ4n) is 3.43. The molecule has 1 fully saturated rings. The first kappa shape index (κ1) is 21.0. The van der Waals surface area contributed by atoms with Crippen LogP contribution in [0.25, 0.3) is 0 Å². The molecule has 3 atom stereocenters. The number of unbranched alkanes of at least 4 members (excludes halogenated alkanes) is 1. The number of rotatable bonds is 5. The Morgan fingerprint density at radius 2 is 2.08 bits per heavy atom. The average molecular weight is 400 g/mol. The predicted molar refractivity (Wildman–Crippen MR) is 109 cm³/mol. The molecule has 6 nitrogen and oxygen atoms in total. The molecule has 1 aliphatic rings. The molecule has 8 heteroatoms. The molecule has 1 aliphatic carbocycles. The lowest BCUT2D eigenvalue weighted by atomic mass is 9.78. The number of nitrogens with zero attached hydrogens (tertiary/aromatic N) is 2. The first-order valence-electron chi connectivity index (χ1n) is 9.44. The van der Waals surface area contributed by atoms with Crippen molar-refractivity contribution in [2.45, 2.75) is 72.4 Å². The summed E-state index contributed by atoms with van der Waals surface area (Å²) in [5.41, 5.74) is 6.43. The van der Waals surface area contributed by atoms with Gasteiger partial charge in [0.2, 0.25) is 0 Å². The maximum Gasteiger partial charge on any atom is 0.274 e. The van der Waals surface area contributed by atoms with Crippen molar-refractivity contribution < 1.29 is 4.79 Å². The largest absolute Gasteiger partial charge is 0.358 e. The summed E-state index contributed by atoms with van der Waals surface area (Å²) in [6, 6.07) is 0.331. The van der Waals surface area contributed by atoms with Gasteiger partial charge in [0.15, 0.2) is 5.11 Å². The van der Waals surface area contributed by atoms with Crippen molar-refractivity contribution in [1.82, 2.24) is 25.9 Å². The molecule has 0 saturated heterocycles. The van der Waals surface area contributed by atoms with Gasteiger partial charge in [0.05, 0.1) is 5.69 Å². The number of aryl methyl sites for hydroxylation is 2. The van der Waals surface area contributed by atoms with Crippen LogP contribution in [0.15, 0.2) is 0 Å². The molecule has 0 radical (unpaired) electrons. The fourth-order valence-corrected chi connectivity index (χ4v) is 3.98. The highest BCUT2D eigenvalue weighted by atomic mass is 35.5. The highest BCUT2D eigenvalue weighted by Crippen LogP contribution is 2.29. The van der Waals surface area contributed by atoms with Crippen molar-refractivity contribution in [2.24, 2.45) is 11.8 Å². The van der Waals surface area contributed by atoms with E-state index in [4.69, 9.17) is 23.8 Å². The van der Waals surface area contributed by atoms with Crippen LogP contribution in [-0.4, -0.2) is 26.8 Å². The first-order chi connectivity index (χ1) is 12.3. The van der Waals surface area contributed by atoms with Crippen LogP contribution in [0.2, 0.25) is 5.15 Å². The Morgan fingerprint density at radius 1 is 1.35 bits per heavy atom. The Morgan fingerprint density at radius 3 is 2.77 bits per heavy atom. The lowest BCUT2D eigenvalue weighted by Gasteiger charge is -2.35. The van der Waals surface area contributed by atoms with Crippen LogP contribution in [0, 0.1) is 18.8 Å². The van der Waals surface area contributed by atoms with Gasteiger partial charge in [0.25, 0.3) is 5.91 Å². The SMILES string of the molecule is CCCCn1nc(C)c(C(=O)NNC(=S)N[C@@H]2CCC[C@H](C)[C@@H]2C)c1Cl. The van der Waals surface area contributed by atoms with E-state index >= 15 is 0 Å². The van der Waals surface area contributed by atoms with Crippen molar-refractivity contribution in [1.29, 1.82) is 0 Å². The molecule has 1 aromatic heterocycles. The minimum Gasteiger partial charge on any atom is -0.358 e. The highest BCUT2D eigenvalue weighted by molar-refractivity contribution is 7.80. The van der Waals surface area contributed by atoms with Crippen molar-refractivity contribution in [3.8, 4) is 0 Å². The normalized spacial score (nSPS) is 22.7. The Labute approximate surface area is 166 Å². The van der Waals surface area contributed by atoms with E-state index in [-0.39, 0.29) is 5.91 Å². The van der Waals surface area contributed by atoms with Gasteiger partial charge in [-0.3, -0.25) is 20.3 Å². The van der Waals surface area contributed by atoms with Crippen molar-refractivity contribution in [2.75, 3.05) is 0 Å². The second kappa shape index (κ2) is 9.55. The third-order valence-corrected chi connectivity index (χ3v) is 5.93. The molecule has 0 spiro atoms. The van der Waals surface area contributed by atoms with Gasteiger partial charge in [-0.15, -0.1) is 0 Å². The lowest BCUT2D eigenvalue weighted by molar-refractivity contribution is 0.0942. The van der Waals surface area contributed by atoms with Gasteiger partial charge in [-0.2, -0.15) is 5.10 Å². The molecule has 0 aromatic carbocycles. The van der Waals surface area contributed by atoms with Crippen LogP contribution in [0.3, 0.4) is 0 Å². The second-order valence-corrected chi connectivity index (χ2v) is 8.02. The quantitative estimate of drug-likeness (QED) is 0.521. The molecule has 1 heterocycles. The minimum absolute atomic E-state index is 0.329. The van der Waals surface area contributed by atoms with Crippen LogP contribution in [0.4, 0.5) is 0 Å². The smallest absolute Gasteiger partial charge is 0.274 e. The number of amides is 1. The number of hydrogen-bond acceptors (Lipinski definition) is 3. The van der Waals surface area contributed by atoms with E-state index in [1.54, 1.807) is 11.6 Å². The number of hydrogen-bond donors (Lipinski definition) is 3. The van der Waals surface area contributed by atoms with Crippen LogP contribution in [0.1, 0.15) is 68.9 Å². The molecule has 0 bridgehead atoms. The number of carbonyl (C=O) groups is 1. The fraction of sp³-hybridized carbons (Fsp3) is 0.722. The molecule has 1 amide bonds. The van der Waals surface area contributed by atoms with Crippen LogP contribution in [-0.2, 0) is 6.54 Å². The summed E-state index contributed by atoms with van der Waals surface area (Å²) in [5.74, 6) is 0.895. The summed E-state index contributed by atoms with van der Waals surface area (Å²) in [5, 5.41) is 8.47. The molecule has 2 rings (SSSR count). The van der Waals surface area contributed by atoms with Crippen LogP contribution >= 0.6 is 23.8 Å². The Hall–Kier alpha value is -1.34. The van der Waals surface area contributed by atoms with Gasteiger partial charge in [0.1, 0.15) is 10.7 Å². The molecule has 3 N–H and O–H groups in total. The van der Waals surface area contributed by atoms with E-state index in [0.29, 0.717) is 45.9 Å². The molecule has 1 aromatic rings. The third kappa shape index (κ3) is 5.10. The topological polar surface area (TPSA) is 71.0 Å². The van der Waals surface area contributed by atoms with Gasteiger partial charge in [-0.05, 0) is 43.8 Å². The molecule has 26 heavy (non-hydrogen) atoms. The van der Waals surface area contributed by atoms with E-state index in [1.807, 2.05) is 0 Å². The number of halogens is 1. The second-order valence-electron chi connectivity index (χ2n) is 7.25. The van der Waals surface area contributed by atoms with Crippen LogP contribution in [0.5, 0.6) is 0 Å². The summed E-state index contributed by atoms with van der Waals surface area (Å²) in [7, 11) is 0. The number of hydrazine groups is 1. The summed E-state index contributed by atoms with van der Waals surface area (Å²) in [6.45, 7) is 9.11. The van der Waals surface area contributed by atoms with Crippen LogP contribution < -0.4 is 16.2 Å². The van der Waals surface area contributed by atoms with Gasteiger partial charge >= 0.3 is 0 Å². The Kier molecular flexibility index (Phi) is 7.70. The zero-order valence-corrected chi connectivity index (χ0v) is 17.6. The summed E-state index contributed by atoms with van der Waals surface area (Å²) in [6.07, 6.45) is 5.55. The molecule has 146 valence electrons. The number of thiocarbonyl (C=S) groups is 1. The van der Waals surface area contributed by atoms with E-state index in [9.17, 15) is 4.79 Å². The summed E-state index contributed by atoms with van der Waals surface area (Å²) >= 11 is 11.7. The Bertz CT molecular complexity index is 648. The third-order valence-electron chi connectivity index (χ3n) is 5.33. The van der Waals surface area contributed by atoms with E-state index in [1.165, 1.54) is 12.8 Å². The van der Waals surface area contributed by atoms with Crippen molar-refractivity contribution >= 4 is 34.8 Å². The standard InChI is InChI=1S/C18H30ClN5OS/c1-5-6-10-24-16(19)15(13(4)23-24)17(25)21-22-18(26)20-14-9-7-8-11(2)12(14)3/h11-12,14H,5-10H2,1-4H3,(H,21,25)(H2,20,22,26)/t11-,12-,14+/m0/s1. The van der Waals surface area contributed by atoms with Gasteiger partial charge < -0.3 is 5.32 Å². The molecule has 0 aliphatic heterocycles. The molecule has 1 saturated carbocycles. The predicted octanol–water partition coefficient (Wildman–Crippen LogP) is 3.58. The lowest BCUT2D eigenvalue weighted by Crippen LogP contribution is -2.52. The zero-order chi connectivity index (χ0) is 19.3. The number of carbonyl (C=O) groups excluding carboxylic acids is 1. The van der Waals surface area contributed by atoms with Gasteiger partial charge in [0, 0.05) is 12.6 Å². The molecular weight excluding hydrogens is 370 g/mol. The number of nitrogens with one attached hydrogen (secondary N) is 3. The molecule has 0 unspecified atom stereocenters. The first-order valence-corrected chi connectivity index (χ1v) is 10.2. The monoisotopic (exact) mass is 399 g/mol.